The molecule has 148 valence electrons. The van der Waals surface area contributed by atoms with Gasteiger partial charge < -0.3 is 19.5 Å². The van der Waals surface area contributed by atoms with Crippen LogP contribution in [0.25, 0.3) is 0 Å². The Morgan fingerprint density at radius 1 is 1.14 bits per heavy atom. The van der Waals surface area contributed by atoms with Gasteiger partial charge in [-0.1, -0.05) is 12.1 Å². The average molecular weight is 406 g/mol. The van der Waals surface area contributed by atoms with Crippen molar-refractivity contribution < 1.29 is 32.2 Å². The average Bonchev–Trinajstić information content (AvgIpc) is 2.67. The summed E-state index contributed by atoms with van der Waals surface area (Å²) in [6.07, 6.45) is -2.09. The van der Waals surface area contributed by atoms with Gasteiger partial charge in [-0.25, -0.2) is 18.4 Å². The number of sulfonamides is 1. The molecule has 0 bridgehead atoms. The number of anilines is 1. The van der Waals surface area contributed by atoms with Gasteiger partial charge in [-0.3, -0.25) is 4.79 Å². The van der Waals surface area contributed by atoms with E-state index in [2.05, 4.69) is 5.32 Å². The Bertz CT molecular complexity index is 989. The number of carbonyl (C=O) groups excluding carboxylic acids is 2. The van der Waals surface area contributed by atoms with Gasteiger partial charge in [-0.05, 0) is 43.3 Å². The molecule has 10 heteroatoms. The first kappa shape index (κ1) is 19.6. The van der Waals surface area contributed by atoms with Crippen LogP contribution in [0.1, 0.15) is 6.92 Å². The second-order valence-electron chi connectivity index (χ2n) is 6.00. The number of para-hydroxylation sites is 2. The fraction of sp³-hybridized carbons (Fsp3) is 0.222. The molecular formula is C18H18N2O7S. The number of hydrogen-bond acceptors (Lipinski definition) is 7. The molecule has 0 radical (unpaired) electrons. The fourth-order valence-electron chi connectivity index (χ4n) is 2.41. The molecule has 1 aliphatic rings. The van der Waals surface area contributed by atoms with E-state index in [0.29, 0.717) is 17.2 Å². The lowest BCUT2D eigenvalue weighted by molar-refractivity contribution is -0.162. The van der Waals surface area contributed by atoms with E-state index in [1.165, 1.54) is 31.2 Å². The highest BCUT2D eigenvalue weighted by molar-refractivity contribution is 7.89. The van der Waals surface area contributed by atoms with Crippen molar-refractivity contribution in [2.75, 3.05) is 11.9 Å². The molecule has 0 saturated heterocycles. The summed E-state index contributed by atoms with van der Waals surface area (Å²) in [4.78, 5) is 24.4. The molecule has 1 amide bonds. The fourth-order valence-corrected chi connectivity index (χ4v) is 2.93. The molecule has 3 rings (SSSR count). The van der Waals surface area contributed by atoms with Gasteiger partial charge in [0.1, 0.15) is 6.61 Å². The number of rotatable bonds is 5. The van der Waals surface area contributed by atoms with Crippen LogP contribution in [0.3, 0.4) is 0 Å². The molecule has 2 unspecified atom stereocenters. The summed E-state index contributed by atoms with van der Waals surface area (Å²) in [5.74, 6) is -0.376. The molecule has 2 atom stereocenters. The molecule has 0 aliphatic carbocycles. The van der Waals surface area contributed by atoms with Gasteiger partial charge in [0.25, 0.3) is 5.91 Å². The third-order valence-electron chi connectivity index (χ3n) is 3.88. The van der Waals surface area contributed by atoms with E-state index in [9.17, 15) is 18.0 Å². The number of fused-ring (bicyclic) bond motifs is 1. The normalized spacial score (nSPS) is 16.7. The first-order chi connectivity index (χ1) is 13.2. The predicted octanol–water partition coefficient (Wildman–Crippen LogP) is 1.04. The first-order valence-electron chi connectivity index (χ1n) is 8.27. The molecule has 9 nitrogen and oxygen atoms in total. The number of nitrogens with one attached hydrogen (secondary N) is 1. The van der Waals surface area contributed by atoms with Crippen molar-refractivity contribution in [1.82, 2.24) is 0 Å². The Balaban J connectivity index is 1.56. The molecule has 0 saturated carbocycles. The monoisotopic (exact) mass is 406 g/mol. The molecule has 0 aromatic heterocycles. The molecular weight excluding hydrogens is 388 g/mol. The summed E-state index contributed by atoms with van der Waals surface area (Å²) < 4.78 is 38.6. The highest BCUT2D eigenvalue weighted by Crippen LogP contribution is 2.31. The van der Waals surface area contributed by atoms with E-state index < -0.39 is 34.1 Å². The van der Waals surface area contributed by atoms with E-state index >= 15 is 0 Å². The zero-order valence-electron chi connectivity index (χ0n) is 14.8. The van der Waals surface area contributed by atoms with Crippen LogP contribution in [0.15, 0.2) is 53.4 Å². The Morgan fingerprint density at radius 2 is 1.79 bits per heavy atom. The van der Waals surface area contributed by atoms with Gasteiger partial charge in [-0.2, -0.15) is 0 Å². The van der Waals surface area contributed by atoms with Crippen molar-refractivity contribution in [2.45, 2.75) is 24.0 Å². The minimum Gasteiger partial charge on any atom is -0.485 e. The van der Waals surface area contributed by atoms with Crippen LogP contribution >= 0.6 is 0 Å². The summed E-state index contributed by atoms with van der Waals surface area (Å²) in [6, 6.07) is 12.2. The molecule has 3 N–H and O–H groups in total. The zero-order valence-corrected chi connectivity index (χ0v) is 15.6. The molecule has 1 heterocycles. The lowest BCUT2D eigenvalue weighted by Gasteiger charge is -2.25. The highest BCUT2D eigenvalue weighted by atomic mass is 32.2. The number of primary sulfonamides is 1. The summed E-state index contributed by atoms with van der Waals surface area (Å²) in [6.45, 7) is 1.38. The molecule has 2 aromatic rings. The van der Waals surface area contributed by atoms with E-state index in [-0.39, 0.29) is 11.5 Å². The maximum atomic E-state index is 12.2. The SMILES string of the molecule is CC(OC(=O)C1COc2ccccc2O1)C(=O)Nc1ccc(S(N)(=O)=O)cc1. The van der Waals surface area contributed by atoms with Crippen LogP contribution in [0.4, 0.5) is 5.69 Å². The number of carbonyl (C=O) groups is 2. The molecule has 0 fully saturated rings. The standard InChI is InChI=1S/C18H18N2O7S/c1-11(17(21)20-12-6-8-13(9-7-12)28(19,23)24)26-18(22)16-10-25-14-4-2-3-5-15(14)27-16/h2-9,11,16H,10H2,1H3,(H,20,21)(H2,19,23,24). The Hall–Kier alpha value is -3.11. The van der Waals surface area contributed by atoms with Crippen molar-refractivity contribution in [1.29, 1.82) is 0 Å². The quantitative estimate of drug-likeness (QED) is 0.709. The maximum Gasteiger partial charge on any atom is 0.351 e. The van der Waals surface area contributed by atoms with Crippen LogP contribution in [0.5, 0.6) is 11.5 Å². The number of nitrogens with two attached hydrogens (primary N) is 1. The summed E-state index contributed by atoms with van der Waals surface area (Å²) >= 11 is 0. The van der Waals surface area contributed by atoms with Gasteiger partial charge in [-0.15, -0.1) is 0 Å². The van der Waals surface area contributed by atoms with Gasteiger partial charge in [0.15, 0.2) is 17.6 Å². The molecule has 28 heavy (non-hydrogen) atoms. The lowest BCUT2D eigenvalue weighted by atomic mass is 10.2. The lowest BCUT2D eigenvalue weighted by Crippen LogP contribution is -2.41. The Kier molecular flexibility index (Phi) is 5.52. The third-order valence-corrected chi connectivity index (χ3v) is 4.81. The highest BCUT2D eigenvalue weighted by Gasteiger charge is 2.31. The topological polar surface area (TPSA) is 134 Å². The first-order valence-corrected chi connectivity index (χ1v) is 9.81. The van der Waals surface area contributed by atoms with Crippen molar-refractivity contribution >= 4 is 27.6 Å². The number of hydrogen-bond donors (Lipinski definition) is 2. The van der Waals surface area contributed by atoms with Crippen LogP contribution in [0.2, 0.25) is 0 Å². The minimum atomic E-state index is -3.82. The molecule has 2 aromatic carbocycles. The second-order valence-corrected chi connectivity index (χ2v) is 7.56. The smallest absolute Gasteiger partial charge is 0.351 e. The zero-order chi connectivity index (χ0) is 20.3. The largest absolute Gasteiger partial charge is 0.485 e. The molecule has 1 aliphatic heterocycles. The Labute approximate surface area is 161 Å². The van der Waals surface area contributed by atoms with E-state index in [4.69, 9.17) is 19.3 Å². The third kappa shape index (κ3) is 4.59. The van der Waals surface area contributed by atoms with Crippen molar-refractivity contribution in [2.24, 2.45) is 5.14 Å². The van der Waals surface area contributed by atoms with Crippen molar-refractivity contribution in [3.8, 4) is 11.5 Å². The van der Waals surface area contributed by atoms with Gasteiger partial charge in [0.05, 0.1) is 4.90 Å². The predicted molar refractivity (Wildman–Crippen MR) is 98.4 cm³/mol. The maximum absolute atomic E-state index is 12.2. The number of benzene rings is 2. The van der Waals surface area contributed by atoms with Crippen molar-refractivity contribution in [3.05, 3.63) is 48.5 Å². The second kappa shape index (κ2) is 7.87. The van der Waals surface area contributed by atoms with Crippen LogP contribution in [-0.2, 0) is 24.3 Å². The van der Waals surface area contributed by atoms with E-state index in [0.717, 1.165) is 0 Å². The molecule has 0 spiro atoms. The summed E-state index contributed by atoms with van der Waals surface area (Å²) in [5, 5.41) is 7.54. The van der Waals surface area contributed by atoms with Crippen LogP contribution in [-0.4, -0.2) is 39.1 Å². The number of esters is 1. The summed E-state index contributed by atoms with van der Waals surface area (Å²) in [7, 11) is -3.82. The van der Waals surface area contributed by atoms with Crippen LogP contribution in [0, 0.1) is 0 Å². The minimum absolute atomic E-state index is 0.0286. The van der Waals surface area contributed by atoms with E-state index in [1.54, 1.807) is 24.3 Å². The summed E-state index contributed by atoms with van der Waals surface area (Å²) in [5.41, 5.74) is 0.325. The van der Waals surface area contributed by atoms with E-state index in [1.807, 2.05) is 0 Å². The Morgan fingerprint density at radius 3 is 2.43 bits per heavy atom. The van der Waals surface area contributed by atoms with Gasteiger partial charge in [0.2, 0.25) is 16.1 Å². The number of ether oxygens (including phenoxy) is 3. The van der Waals surface area contributed by atoms with Crippen molar-refractivity contribution in [3.63, 3.8) is 0 Å². The number of amides is 1. The van der Waals surface area contributed by atoms with Gasteiger partial charge >= 0.3 is 5.97 Å². The van der Waals surface area contributed by atoms with Gasteiger partial charge in [0, 0.05) is 5.69 Å². The van der Waals surface area contributed by atoms with Crippen LogP contribution < -0.4 is 19.9 Å².